The molecule has 0 atom stereocenters. The number of carboxylic acids is 1. The van der Waals surface area contributed by atoms with Crippen LogP contribution in [0, 0.1) is 0 Å². The van der Waals surface area contributed by atoms with Gasteiger partial charge in [0, 0.05) is 15.9 Å². The number of hydrogen-bond acceptors (Lipinski definition) is 4. The second-order valence-corrected chi connectivity index (χ2v) is 7.38. The van der Waals surface area contributed by atoms with Gasteiger partial charge in [0.25, 0.3) is 0 Å². The Morgan fingerprint density at radius 2 is 1.95 bits per heavy atom. The zero-order valence-electron chi connectivity index (χ0n) is 11.9. The molecule has 0 aliphatic carbocycles. The lowest BCUT2D eigenvalue weighted by Crippen LogP contribution is -2.41. The zero-order chi connectivity index (χ0) is 15.9. The van der Waals surface area contributed by atoms with Crippen molar-refractivity contribution in [2.24, 2.45) is 0 Å². The summed E-state index contributed by atoms with van der Waals surface area (Å²) < 4.78 is 5.23. The molecule has 1 amide bonds. The van der Waals surface area contributed by atoms with E-state index >= 15 is 0 Å². The van der Waals surface area contributed by atoms with Gasteiger partial charge in [-0.3, -0.25) is 4.79 Å². The van der Waals surface area contributed by atoms with Gasteiger partial charge >= 0.3 is 5.97 Å². The van der Waals surface area contributed by atoms with Gasteiger partial charge in [-0.05, 0) is 38.1 Å². The van der Waals surface area contributed by atoms with E-state index in [-0.39, 0.29) is 25.7 Å². The van der Waals surface area contributed by atoms with Gasteiger partial charge in [-0.2, -0.15) is 0 Å². The highest BCUT2D eigenvalue weighted by molar-refractivity contribution is 9.10. The van der Waals surface area contributed by atoms with Crippen molar-refractivity contribution in [2.75, 3.05) is 19.8 Å². The van der Waals surface area contributed by atoms with Crippen molar-refractivity contribution in [1.29, 1.82) is 0 Å². The first-order valence-electron chi connectivity index (χ1n) is 6.33. The fourth-order valence-electron chi connectivity index (χ4n) is 1.45. The normalized spacial score (nSPS) is 11.2. The summed E-state index contributed by atoms with van der Waals surface area (Å²) in [5.41, 5.74) is 0. The average Bonchev–Trinajstić information content (AvgIpc) is 2.40. The van der Waals surface area contributed by atoms with E-state index in [1.54, 1.807) is 0 Å². The number of thioether (sulfide) groups is 1. The topological polar surface area (TPSA) is 75.6 Å². The van der Waals surface area contributed by atoms with Crippen LogP contribution in [0.15, 0.2) is 33.6 Å². The molecule has 1 rings (SSSR count). The lowest BCUT2D eigenvalue weighted by Gasteiger charge is -2.23. The summed E-state index contributed by atoms with van der Waals surface area (Å²) in [6, 6.07) is 7.74. The molecule has 7 heteroatoms. The molecule has 116 valence electrons. The minimum absolute atomic E-state index is 0.116. The Morgan fingerprint density at radius 3 is 2.52 bits per heavy atom. The predicted octanol–water partition coefficient (Wildman–Crippen LogP) is 2.54. The summed E-state index contributed by atoms with van der Waals surface area (Å²) in [4.78, 5) is 23.4. The summed E-state index contributed by atoms with van der Waals surface area (Å²) in [5.74, 6) is -1.14. The molecule has 0 heterocycles. The number of hydrogen-bond donors (Lipinski definition) is 2. The van der Waals surface area contributed by atoms with Crippen LogP contribution in [-0.2, 0) is 14.3 Å². The summed E-state index contributed by atoms with van der Waals surface area (Å²) in [7, 11) is 0. The van der Waals surface area contributed by atoms with E-state index in [4.69, 9.17) is 9.84 Å². The maximum Gasteiger partial charge on any atom is 0.329 e. The van der Waals surface area contributed by atoms with E-state index in [0.717, 1.165) is 9.37 Å². The Bertz CT molecular complexity index is 490. The molecule has 0 bridgehead atoms. The number of rotatable bonds is 8. The number of amides is 1. The third-order valence-corrected chi connectivity index (χ3v) is 4.22. The van der Waals surface area contributed by atoms with Crippen molar-refractivity contribution < 1.29 is 19.4 Å². The number of nitrogens with one attached hydrogen (secondary N) is 1. The molecular weight excluding hydrogens is 358 g/mol. The van der Waals surface area contributed by atoms with E-state index in [0.29, 0.717) is 0 Å². The smallest absolute Gasteiger partial charge is 0.329 e. The fourth-order valence-corrected chi connectivity index (χ4v) is 2.74. The van der Waals surface area contributed by atoms with Crippen molar-refractivity contribution in [3.05, 3.63) is 28.7 Å². The van der Waals surface area contributed by atoms with Crippen molar-refractivity contribution >= 4 is 39.6 Å². The lowest BCUT2D eigenvalue weighted by atomic mass is 10.2. The minimum Gasteiger partial charge on any atom is -0.480 e. The van der Waals surface area contributed by atoms with Crippen LogP contribution in [0.5, 0.6) is 0 Å². The molecule has 5 nitrogen and oxygen atoms in total. The Balaban J connectivity index is 2.40. The van der Waals surface area contributed by atoms with Crippen LogP contribution in [-0.4, -0.2) is 41.5 Å². The van der Waals surface area contributed by atoms with Gasteiger partial charge < -0.3 is 15.2 Å². The van der Waals surface area contributed by atoms with E-state index in [9.17, 15) is 9.59 Å². The molecule has 0 radical (unpaired) electrons. The molecule has 21 heavy (non-hydrogen) atoms. The summed E-state index contributed by atoms with van der Waals surface area (Å²) in [5, 5.41) is 11.2. The highest BCUT2D eigenvalue weighted by atomic mass is 79.9. The summed E-state index contributed by atoms with van der Waals surface area (Å²) in [6.07, 6.45) is 0. The number of carbonyl (C=O) groups is 2. The van der Waals surface area contributed by atoms with Gasteiger partial charge in [-0.15, -0.1) is 11.8 Å². The van der Waals surface area contributed by atoms with Crippen LogP contribution in [0.1, 0.15) is 13.8 Å². The standard InChI is InChI=1S/C14H18BrNO4S/c1-14(2,21-11-5-3-10(15)4-6-11)13(19)16-7-8-20-9-12(17)18/h3-6H,7-9H2,1-2H3,(H,16,19)(H,17,18). The maximum atomic E-state index is 12.1. The van der Waals surface area contributed by atoms with Crippen molar-refractivity contribution in [1.82, 2.24) is 5.32 Å². The molecule has 2 N–H and O–H groups in total. The molecule has 0 aliphatic heterocycles. The lowest BCUT2D eigenvalue weighted by molar-refractivity contribution is -0.142. The van der Waals surface area contributed by atoms with Gasteiger partial charge in [0.15, 0.2) is 0 Å². The monoisotopic (exact) mass is 375 g/mol. The van der Waals surface area contributed by atoms with Crippen LogP contribution < -0.4 is 5.32 Å². The molecule has 1 aromatic rings. The van der Waals surface area contributed by atoms with Crippen LogP contribution in [0.25, 0.3) is 0 Å². The Labute approximate surface area is 136 Å². The Morgan fingerprint density at radius 1 is 1.33 bits per heavy atom. The van der Waals surface area contributed by atoms with E-state index < -0.39 is 10.7 Å². The molecule has 1 aromatic carbocycles. The van der Waals surface area contributed by atoms with Gasteiger partial charge in [0.2, 0.25) is 5.91 Å². The van der Waals surface area contributed by atoms with Crippen molar-refractivity contribution in [3.8, 4) is 0 Å². The quantitative estimate of drug-likeness (QED) is 0.539. The zero-order valence-corrected chi connectivity index (χ0v) is 14.3. The Hall–Kier alpha value is -1.05. The maximum absolute atomic E-state index is 12.1. The van der Waals surface area contributed by atoms with Crippen LogP contribution >= 0.6 is 27.7 Å². The third-order valence-electron chi connectivity index (χ3n) is 2.49. The van der Waals surface area contributed by atoms with Crippen LogP contribution in [0.2, 0.25) is 0 Å². The molecule has 0 fully saturated rings. The first kappa shape index (κ1) is 18.0. The van der Waals surface area contributed by atoms with Gasteiger partial charge in [0.1, 0.15) is 6.61 Å². The van der Waals surface area contributed by atoms with E-state index in [2.05, 4.69) is 21.2 Å². The van der Waals surface area contributed by atoms with Gasteiger partial charge in [-0.1, -0.05) is 15.9 Å². The molecule has 0 aliphatic rings. The van der Waals surface area contributed by atoms with E-state index in [1.807, 2.05) is 38.1 Å². The predicted molar refractivity (Wildman–Crippen MR) is 85.5 cm³/mol. The first-order valence-corrected chi connectivity index (χ1v) is 7.94. The number of ether oxygens (including phenoxy) is 1. The minimum atomic E-state index is -1.02. The summed E-state index contributed by atoms with van der Waals surface area (Å²) >= 11 is 4.83. The summed E-state index contributed by atoms with van der Waals surface area (Å²) in [6.45, 7) is 3.79. The SMILES string of the molecule is CC(C)(Sc1ccc(Br)cc1)C(=O)NCCOCC(=O)O. The molecule has 0 aromatic heterocycles. The molecule has 0 spiro atoms. The highest BCUT2D eigenvalue weighted by Gasteiger charge is 2.28. The van der Waals surface area contributed by atoms with Crippen molar-refractivity contribution in [2.45, 2.75) is 23.5 Å². The molecule has 0 saturated heterocycles. The van der Waals surface area contributed by atoms with Crippen molar-refractivity contribution in [3.63, 3.8) is 0 Å². The number of benzene rings is 1. The number of carboxylic acid groups (broad SMARTS) is 1. The largest absolute Gasteiger partial charge is 0.480 e. The van der Waals surface area contributed by atoms with Gasteiger partial charge in [-0.25, -0.2) is 4.79 Å². The van der Waals surface area contributed by atoms with Crippen LogP contribution in [0.4, 0.5) is 0 Å². The molecule has 0 saturated carbocycles. The van der Waals surface area contributed by atoms with Crippen LogP contribution in [0.3, 0.4) is 0 Å². The molecule has 0 unspecified atom stereocenters. The third kappa shape index (κ3) is 6.97. The number of aliphatic carboxylic acids is 1. The number of carbonyl (C=O) groups excluding carboxylic acids is 1. The molecular formula is C14H18BrNO4S. The first-order chi connectivity index (χ1) is 9.81. The Kier molecular flexibility index (Phi) is 7.21. The fraction of sp³-hybridized carbons (Fsp3) is 0.429. The van der Waals surface area contributed by atoms with Gasteiger partial charge in [0.05, 0.1) is 11.4 Å². The second kappa shape index (κ2) is 8.41. The average molecular weight is 376 g/mol. The highest BCUT2D eigenvalue weighted by Crippen LogP contribution is 2.33. The number of halogens is 1. The second-order valence-electron chi connectivity index (χ2n) is 4.77. The van der Waals surface area contributed by atoms with E-state index in [1.165, 1.54) is 11.8 Å².